The Morgan fingerprint density at radius 3 is 2.17 bits per heavy atom. The SMILES string of the molecule is C=C(C(=C)C(F)(F)F)C1CC1C(F)(F)C(N)CC. The molecule has 0 aliphatic heterocycles. The van der Waals surface area contributed by atoms with Crippen molar-refractivity contribution in [1.82, 2.24) is 0 Å². The number of hydrogen-bond donors (Lipinski definition) is 1. The molecular formula is C12H16F5N. The average Bonchev–Trinajstić information content (AvgIpc) is 3.04. The predicted octanol–water partition coefficient (Wildman–Crippen LogP) is 3.67. The van der Waals surface area contributed by atoms with E-state index < -0.39 is 35.5 Å². The molecule has 1 nitrogen and oxygen atoms in total. The van der Waals surface area contributed by atoms with Gasteiger partial charge in [-0.05, 0) is 24.3 Å². The minimum Gasteiger partial charge on any atom is -0.323 e. The highest BCUT2D eigenvalue weighted by Gasteiger charge is 2.59. The quantitative estimate of drug-likeness (QED) is 0.598. The second-order valence-corrected chi connectivity index (χ2v) is 4.64. The summed E-state index contributed by atoms with van der Waals surface area (Å²) in [5.74, 6) is -5.18. The summed E-state index contributed by atoms with van der Waals surface area (Å²) in [5, 5.41) is 0. The van der Waals surface area contributed by atoms with Crippen molar-refractivity contribution in [1.29, 1.82) is 0 Å². The summed E-state index contributed by atoms with van der Waals surface area (Å²) in [5.41, 5.74) is 3.81. The predicted molar refractivity (Wildman–Crippen MR) is 59.1 cm³/mol. The van der Waals surface area contributed by atoms with E-state index in [0.717, 1.165) is 0 Å². The molecule has 0 saturated heterocycles. The molecule has 0 bridgehead atoms. The first-order valence-corrected chi connectivity index (χ1v) is 5.62. The topological polar surface area (TPSA) is 26.0 Å². The molecule has 2 N–H and O–H groups in total. The standard InChI is InChI=1S/C12H16F5N/c1-4-10(18)11(13,14)9-5-8(9)6(2)7(3)12(15,16)17/h8-10H,2-5,18H2,1H3. The Bertz CT molecular complexity index is 358. The lowest BCUT2D eigenvalue weighted by Gasteiger charge is -2.23. The van der Waals surface area contributed by atoms with Crippen molar-refractivity contribution in [3.63, 3.8) is 0 Å². The summed E-state index contributed by atoms with van der Waals surface area (Å²) in [6, 6.07) is -1.33. The fraction of sp³-hybridized carbons (Fsp3) is 0.667. The Kier molecular flexibility index (Phi) is 3.91. The van der Waals surface area contributed by atoms with Gasteiger partial charge in [0.15, 0.2) is 0 Å². The molecule has 104 valence electrons. The Morgan fingerprint density at radius 2 is 1.78 bits per heavy atom. The van der Waals surface area contributed by atoms with Crippen molar-refractivity contribution >= 4 is 0 Å². The summed E-state index contributed by atoms with van der Waals surface area (Å²) >= 11 is 0. The van der Waals surface area contributed by atoms with Crippen molar-refractivity contribution in [2.45, 2.75) is 37.9 Å². The molecule has 6 heteroatoms. The molecule has 3 atom stereocenters. The Labute approximate surface area is 103 Å². The molecule has 0 aromatic carbocycles. The lowest BCUT2D eigenvalue weighted by Crippen LogP contribution is -2.42. The van der Waals surface area contributed by atoms with E-state index >= 15 is 0 Å². The molecule has 18 heavy (non-hydrogen) atoms. The van der Waals surface area contributed by atoms with Crippen LogP contribution in [0.4, 0.5) is 22.0 Å². The first kappa shape index (κ1) is 15.1. The van der Waals surface area contributed by atoms with E-state index in [1.807, 2.05) is 0 Å². The van der Waals surface area contributed by atoms with Crippen LogP contribution < -0.4 is 5.73 Å². The molecule has 0 aromatic heterocycles. The van der Waals surface area contributed by atoms with Crippen molar-refractivity contribution in [3.8, 4) is 0 Å². The van der Waals surface area contributed by atoms with Crippen molar-refractivity contribution in [3.05, 3.63) is 24.3 Å². The Balaban J connectivity index is 2.71. The summed E-state index contributed by atoms with van der Waals surface area (Å²) in [4.78, 5) is 0. The van der Waals surface area contributed by atoms with E-state index in [1.54, 1.807) is 0 Å². The highest BCUT2D eigenvalue weighted by atomic mass is 19.4. The Morgan fingerprint density at radius 1 is 1.28 bits per heavy atom. The van der Waals surface area contributed by atoms with Gasteiger partial charge >= 0.3 is 6.18 Å². The van der Waals surface area contributed by atoms with Gasteiger partial charge in [-0.2, -0.15) is 13.2 Å². The van der Waals surface area contributed by atoms with E-state index in [9.17, 15) is 22.0 Å². The van der Waals surface area contributed by atoms with E-state index in [2.05, 4.69) is 13.2 Å². The molecular weight excluding hydrogens is 253 g/mol. The number of hydrogen-bond acceptors (Lipinski definition) is 1. The third-order valence-corrected chi connectivity index (χ3v) is 3.40. The van der Waals surface area contributed by atoms with Crippen LogP contribution in [0.25, 0.3) is 0 Å². The molecule has 0 spiro atoms. The maximum absolute atomic E-state index is 13.7. The number of alkyl halides is 5. The van der Waals surface area contributed by atoms with Gasteiger partial charge in [0.2, 0.25) is 0 Å². The highest BCUT2D eigenvalue weighted by molar-refractivity contribution is 5.36. The van der Waals surface area contributed by atoms with Crippen LogP contribution in [0.3, 0.4) is 0 Å². The first-order valence-electron chi connectivity index (χ1n) is 5.62. The van der Waals surface area contributed by atoms with Gasteiger partial charge in [-0.15, -0.1) is 0 Å². The smallest absolute Gasteiger partial charge is 0.323 e. The van der Waals surface area contributed by atoms with Crippen LogP contribution in [-0.2, 0) is 0 Å². The summed E-state index contributed by atoms with van der Waals surface area (Å²) in [7, 11) is 0. The molecule has 0 aromatic rings. The zero-order chi connectivity index (χ0) is 14.3. The number of allylic oxidation sites excluding steroid dienone is 2. The number of halogens is 5. The fourth-order valence-corrected chi connectivity index (χ4v) is 1.96. The van der Waals surface area contributed by atoms with Gasteiger partial charge < -0.3 is 5.73 Å². The van der Waals surface area contributed by atoms with Crippen LogP contribution in [0.1, 0.15) is 19.8 Å². The maximum atomic E-state index is 13.7. The average molecular weight is 269 g/mol. The highest BCUT2D eigenvalue weighted by Crippen LogP contribution is 2.56. The van der Waals surface area contributed by atoms with Gasteiger partial charge in [-0.1, -0.05) is 20.1 Å². The lowest BCUT2D eigenvalue weighted by molar-refractivity contribution is -0.0901. The van der Waals surface area contributed by atoms with Crippen LogP contribution in [0.5, 0.6) is 0 Å². The van der Waals surface area contributed by atoms with Crippen LogP contribution in [0, 0.1) is 11.8 Å². The van der Waals surface area contributed by atoms with E-state index in [0.29, 0.717) is 0 Å². The van der Waals surface area contributed by atoms with E-state index in [1.165, 1.54) is 6.92 Å². The molecule has 1 aliphatic carbocycles. The summed E-state index contributed by atoms with van der Waals surface area (Å²) in [6.07, 6.45) is -4.57. The van der Waals surface area contributed by atoms with Gasteiger partial charge in [0.05, 0.1) is 11.6 Å². The normalized spacial score (nSPS) is 25.7. The zero-order valence-electron chi connectivity index (χ0n) is 10.0. The number of rotatable bonds is 5. The molecule has 0 radical (unpaired) electrons. The third kappa shape index (κ3) is 2.74. The van der Waals surface area contributed by atoms with Gasteiger partial charge in [-0.3, -0.25) is 0 Å². The molecule has 1 aliphatic rings. The third-order valence-electron chi connectivity index (χ3n) is 3.40. The van der Waals surface area contributed by atoms with Crippen molar-refractivity contribution in [2.75, 3.05) is 0 Å². The van der Waals surface area contributed by atoms with E-state index in [-0.39, 0.29) is 18.4 Å². The van der Waals surface area contributed by atoms with Gasteiger partial charge in [-0.25, -0.2) is 8.78 Å². The van der Waals surface area contributed by atoms with Crippen LogP contribution in [0.2, 0.25) is 0 Å². The van der Waals surface area contributed by atoms with Crippen molar-refractivity contribution in [2.24, 2.45) is 17.6 Å². The molecule has 1 fully saturated rings. The summed E-state index contributed by atoms with van der Waals surface area (Å²) in [6.45, 7) is 7.62. The first-order chi connectivity index (χ1) is 8.03. The second-order valence-electron chi connectivity index (χ2n) is 4.64. The zero-order valence-corrected chi connectivity index (χ0v) is 10.0. The van der Waals surface area contributed by atoms with E-state index in [4.69, 9.17) is 5.73 Å². The summed E-state index contributed by atoms with van der Waals surface area (Å²) < 4.78 is 64.5. The molecule has 3 unspecified atom stereocenters. The van der Waals surface area contributed by atoms with Gasteiger partial charge in [0.25, 0.3) is 5.92 Å². The van der Waals surface area contributed by atoms with Crippen LogP contribution in [-0.4, -0.2) is 18.1 Å². The molecule has 1 rings (SSSR count). The minimum atomic E-state index is -4.62. The molecule has 1 saturated carbocycles. The fourth-order valence-electron chi connectivity index (χ4n) is 1.96. The van der Waals surface area contributed by atoms with Gasteiger partial charge in [0, 0.05) is 5.92 Å². The van der Waals surface area contributed by atoms with Crippen LogP contribution in [0.15, 0.2) is 24.3 Å². The molecule has 0 amide bonds. The van der Waals surface area contributed by atoms with Crippen LogP contribution >= 0.6 is 0 Å². The Hall–Kier alpha value is -0.910. The largest absolute Gasteiger partial charge is 0.416 e. The van der Waals surface area contributed by atoms with Gasteiger partial charge in [0.1, 0.15) is 0 Å². The number of nitrogens with two attached hydrogens (primary N) is 1. The monoisotopic (exact) mass is 269 g/mol. The maximum Gasteiger partial charge on any atom is 0.416 e. The second kappa shape index (κ2) is 4.64. The molecule has 0 heterocycles. The lowest BCUT2D eigenvalue weighted by atomic mass is 9.97. The van der Waals surface area contributed by atoms with Crippen molar-refractivity contribution < 1.29 is 22.0 Å². The minimum absolute atomic E-state index is 0.0192.